The number of carbonyl (C=O) groups is 1. The topological polar surface area (TPSA) is 63.2 Å². The molecule has 1 atom stereocenters. The summed E-state index contributed by atoms with van der Waals surface area (Å²) in [4.78, 5) is 16.1. The van der Waals surface area contributed by atoms with Crippen LogP contribution >= 0.6 is 0 Å². The second-order valence-corrected chi connectivity index (χ2v) is 5.87. The highest BCUT2D eigenvalue weighted by Crippen LogP contribution is 2.32. The van der Waals surface area contributed by atoms with Crippen LogP contribution in [-0.2, 0) is 13.0 Å². The summed E-state index contributed by atoms with van der Waals surface area (Å²) in [5.41, 5.74) is 2.85. The maximum Gasteiger partial charge on any atom is 0.387 e. The molecule has 1 aliphatic carbocycles. The monoisotopic (exact) mass is 347 g/mol. The molecule has 0 spiro atoms. The maximum absolute atomic E-state index is 12.3. The second kappa shape index (κ2) is 7.92. The average Bonchev–Trinajstić information content (AvgIpc) is 2.60. The van der Waals surface area contributed by atoms with Crippen molar-refractivity contribution >= 4 is 6.03 Å². The van der Waals surface area contributed by atoms with Gasteiger partial charge in [0.25, 0.3) is 0 Å². The van der Waals surface area contributed by atoms with Gasteiger partial charge in [-0.25, -0.2) is 4.79 Å². The Bertz CT molecular complexity index is 726. The summed E-state index contributed by atoms with van der Waals surface area (Å²) >= 11 is 0. The number of ether oxygens (including phenoxy) is 1. The fourth-order valence-corrected chi connectivity index (χ4v) is 3.01. The predicted octanol–water partition coefficient (Wildman–Crippen LogP) is 3.56. The lowest BCUT2D eigenvalue weighted by atomic mass is 9.87. The van der Waals surface area contributed by atoms with Crippen LogP contribution in [0, 0.1) is 0 Å². The van der Waals surface area contributed by atoms with Gasteiger partial charge in [0.2, 0.25) is 0 Å². The Labute approximate surface area is 144 Å². The number of aromatic nitrogens is 1. The van der Waals surface area contributed by atoms with Crippen LogP contribution in [0.25, 0.3) is 0 Å². The van der Waals surface area contributed by atoms with E-state index in [0.29, 0.717) is 6.54 Å². The van der Waals surface area contributed by atoms with Gasteiger partial charge >= 0.3 is 12.6 Å². The molecule has 0 saturated heterocycles. The molecular weight excluding hydrogens is 328 g/mol. The number of rotatable bonds is 5. The minimum atomic E-state index is -2.84. The van der Waals surface area contributed by atoms with Crippen molar-refractivity contribution in [2.75, 3.05) is 0 Å². The van der Waals surface area contributed by atoms with E-state index >= 15 is 0 Å². The first-order chi connectivity index (χ1) is 12.1. The van der Waals surface area contributed by atoms with Gasteiger partial charge in [0.15, 0.2) is 0 Å². The zero-order valence-electron chi connectivity index (χ0n) is 13.5. The lowest BCUT2D eigenvalue weighted by Crippen LogP contribution is -2.38. The molecule has 2 aromatic rings. The molecule has 0 aliphatic heterocycles. The zero-order valence-corrected chi connectivity index (χ0v) is 13.5. The normalized spacial score (nSPS) is 16.2. The molecule has 7 heteroatoms. The van der Waals surface area contributed by atoms with E-state index in [1.165, 1.54) is 6.07 Å². The summed E-state index contributed by atoms with van der Waals surface area (Å²) in [6, 6.07) is 8.16. The number of hydrogen-bond acceptors (Lipinski definition) is 3. The van der Waals surface area contributed by atoms with Gasteiger partial charge in [-0.2, -0.15) is 8.78 Å². The van der Waals surface area contributed by atoms with Gasteiger partial charge in [0.1, 0.15) is 5.75 Å². The van der Waals surface area contributed by atoms with Crippen LogP contribution in [0.3, 0.4) is 0 Å². The number of hydrogen-bond donors (Lipinski definition) is 2. The van der Waals surface area contributed by atoms with Crippen LogP contribution in [0.1, 0.15) is 35.6 Å². The lowest BCUT2D eigenvalue weighted by Gasteiger charge is -2.27. The summed E-state index contributed by atoms with van der Waals surface area (Å²) in [5, 5.41) is 5.76. The van der Waals surface area contributed by atoms with E-state index in [2.05, 4.69) is 20.4 Å². The SMILES string of the molecule is O=C(NCc1ccncc1)N[C@@H]1CCCc2cc(OC(F)F)ccc21. The molecule has 0 radical (unpaired) electrons. The van der Waals surface area contributed by atoms with Crippen molar-refractivity contribution in [3.63, 3.8) is 0 Å². The quantitative estimate of drug-likeness (QED) is 0.869. The molecule has 1 heterocycles. The van der Waals surface area contributed by atoms with Gasteiger partial charge in [-0.05, 0) is 60.2 Å². The third-order valence-corrected chi connectivity index (χ3v) is 4.16. The van der Waals surface area contributed by atoms with Gasteiger partial charge in [-0.3, -0.25) is 4.98 Å². The largest absolute Gasteiger partial charge is 0.435 e. The third kappa shape index (κ3) is 4.65. The molecular formula is C18H19F2N3O2. The number of amides is 2. The molecule has 0 unspecified atom stereocenters. The summed E-state index contributed by atoms with van der Waals surface area (Å²) in [7, 11) is 0. The highest BCUT2D eigenvalue weighted by Gasteiger charge is 2.22. The minimum Gasteiger partial charge on any atom is -0.435 e. The van der Waals surface area contributed by atoms with Gasteiger partial charge < -0.3 is 15.4 Å². The van der Waals surface area contributed by atoms with Crippen molar-refractivity contribution in [2.45, 2.75) is 38.5 Å². The van der Waals surface area contributed by atoms with E-state index in [4.69, 9.17) is 0 Å². The molecule has 1 aromatic carbocycles. The Hall–Kier alpha value is -2.70. The number of urea groups is 1. The molecule has 1 aliphatic rings. The van der Waals surface area contributed by atoms with Crippen molar-refractivity contribution in [2.24, 2.45) is 0 Å². The number of halogens is 2. The first kappa shape index (κ1) is 17.1. The Morgan fingerprint density at radius 3 is 2.84 bits per heavy atom. The highest BCUT2D eigenvalue weighted by atomic mass is 19.3. The molecule has 2 N–H and O–H groups in total. The third-order valence-electron chi connectivity index (χ3n) is 4.16. The van der Waals surface area contributed by atoms with Gasteiger partial charge in [0, 0.05) is 18.9 Å². The number of alkyl halides is 2. The highest BCUT2D eigenvalue weighted by molar-refractivity contribution is 5.74. The fraction of sp³-hybridized carbons (Fsp3) is 0.333. The number of nitrogens with one attached hydrogen (secondary N) is 2. The van der Waals surface area contributed by atoms with E-state index in [-0.39, 0.29) is 17.8 Å². The summed E-state index contributed by atoms with van der Waals surface area (Å²) in [6.45, 7) is -2.43. The smallest absolute Gasteiger partial charge is 0.387 e. The first-order valence-corrected chi connectivity index (χ1v) is 8.13. The lowest BCUT2D eigenvalue weighted by molar-refractivity contribution is -0.0499. The molecule has 2 amide bonds. The van der Waals surface area contributed by atoms with Crippen LogP contribution in [0.5, 0.6) is 5.75 Å². The molecule has 0 fully saturated rings. The van der Waals surface area contributed by atoms with Gasteiger partial charge in [-0.1, -0.05) is 6.07 Å². The molecule has 0 bridgehead atoms. The van der Waals surface area contributed by atoms with E-state index in [9.17, 15) is 13.6 Å². The van der Waals surface area contributed by atoms with Crippen molar-refractivity contribution in [1.82, 2.24) is 15.6 Å². The van der Waals surface area contributed by atoms with Gasteiger partial charge in [-0.15, -0.1) is 0 Å². The van der Waals surface area contributed by atoms with E-state index in [1.54, 1.807) is 24.5 Å². The molecule has 0 saturated carbocycles. The van der Waals surface area contributed by atoms with Crippen molar-refractivity contribution < 1.29 is 18.3 Å². The van der Waals surface area contributed by atoms with Crippen molar-refractivity contribution in [3.8, 4) is 5.75 Å². The predicted molar refractivity (Wildman–Crippen MR) is 88.4 cm³/mol. The Morgan fingerprint density at radius 1 is 1.28 bits per heavy atom. The average molecular weight is 347 g/mol. The van der Waals surface area contributed by atoms with Crippen LogP contribution < -0.4 is 15.4 Å². The second-order valence-electron chi connectivity index (χ2n) is 5.87. The molecule has 3 rings (SSSR count). The molecule has 25 heavy (non-hydrogen) atoms. The Kier molecular flexibility index (Phi) is 5.42. The van der Waals surface area contributed by atoms with Crippen LogP contribution in [0.15, 0.2) is 42.7 Å². The zero-order chi connectivity index (χ0) is 17.6. The first-order valence-electron chi connectivity index (χ1n) is 8.13. The maximum atomic E-state index is 12.3. The van der Waals surface area contributed by atoms with Crippen molar-refractivity contribution in [3.05, 3.63) is 59.4 Å². The number of nitrogens with zero attached hydrogens (tertiary/aromatic N) is 1. The fourth-order valence-electron chi connectivity index (χ4n) is 3.01. The number of fused-ring (bicyclic) bond motifs is 1. The number of aryl methyl sites for hydroxylation is 1. The molecule has 132 valence electrons. The van der Waals surface area contributed by atoms with Crippen LogP contribution in [0.2, 0.25) is 0 Å². The van der Waals surface area contributed by atoms with E-state index in [0.717, 1.165) is 36.0 Å². The van der Waals surface area contributed by atoms with Gasteiger partial charge in [0.05, 0.1) is 6.04 Å². The van der Waals surface area contributed by atoms with Crippen LogP contribution in [0.4, 0.5) is 13.6 Å². The summed E-state index contributed by atoms with van der Waals surface area (Å²) in [5.74, 6) is 0.150. The number of pyridine rings is 1. The summed E-state index contributed by atoms with van der Waals surface area (Å²) in [6.07, 6.45) is 5.81. The van der Waals surface area contributed by atoms with E-state index in [1.807, 2.05) is 12.1 Å². The standard InChI is InChI=1S/C18H19F2N3O2/c19-17(20)25-14-4-5-15-13(10-14)2-1-3-16(15)23-18(24)22-11-12-6-8-21-9-7-12/h4-10,16-17H,1-3,11H2,(H2,22,23,24)/t16-/m1/s1. The molecule has 1 aromatic heterocycles. The number of carbonyl (C=O) groups excluding carboxylic acids is 1. The van der Waals surface area contributed by atoms with Crippen LogP contribution in [-0.4, -0.2) is 17.6 Å². The summed E-state index contributed by atoms with van der Waals surface area (Å²) < 4.78 is 29.1. The Morgan fingerprint density at radius 2 is 2.08 bits per heavy atom. The van der Waals surface area contributed by atoms with Crippen molar-refractivity contribution in [1.29, 1.82) is 0 Å². The molecule has 5 nitrogen and oxygen atoms in total. The minimum absolute atomic E-state index is 0.137. The number of benzene rings is 1. The van der Waals surface area contributed by atoms with E-state index < -0.39 is 6.61 Å². The Balaban J connectivity index is 1.61.